The Morgan fingerprint density at radius 2 is 1.68 bits per heavy atom. The van der Waals surface area contributed by atoms with Crippen LogP contribution < -0.4 is 9.64 Å². The number of amides is 1. The number of carboxylic acids is 1. The molecule has 3 atom stereocenters. The molecule has 3 heterocycles. The second kappa shape index (κ2) is 11.5. The van der Waals surface area contributed by atoms with E-state index in [-0.39, 0.29) is 23.7 Å². The van der Waals surface area contributed by atoms with Gasteiger partial charge in [0.25, 0.3) is 5.91 Å². The molecule has 3 aliphatic rings. The number of rotatable bonds is 7. The van der Waals surface area contributed by atoms with E-state index in [0.29, 0.717) is 6.61 Å². The van der Waals surface area contributed by atoms with Gasteiger partial charge in [0.2, 0.25) is 0 Å². The summed E-state index contributed by atoms with van der Waals surface area (Å²) in [6, 6.07) is 10.2. The Morgan fingerprint density at radius 1 is 1.00 bits per heavy atom. The van der Waals surface area contributed by atoms with Crippen LogP contribution in [0.4, 0.5) is 5.13 Å². The Labute approximate surface area is 246 Å². The molecule has 2 saturated heterocycles. The molecule has 2 unspecified atom stereocenters. The first-order valence-corrected chi connectivity index (χ1v) is 15.7. The van der Waals surface area contributed by atoms with Gasteiger partial charge < -0.3 is 19.6 Å². The van der Waals surface area contributed by atoms with Crippen molar-refractivity contribution in [2.75, 3.05) is 31.1 Å². The second-order valence-electron chi connectivity index (χ2n) is 12.1. The van der Waals surface area contributed by atoms with Crippen LogP contribution in [-0.4, -0.2) is 53.0 Å². The highest BCUT2D eigenvalue weighted by molar-refractivity contribution is 7.14. The highest BCUT2D eigenvalue weighted by Gasteiger charge is 2.46. The van der Waals surface area contributed by atoms with Crippen molar-refractivity contribution in [3.63, 3.8) is 0 Å². The average molecular weight is 574 g/mol. The van der Waals surface area contributed by atoms with Crippen molar-refractivity contribution in [3.05, 3.63) is 63.5 Å². The molecule has 7 nitrogen and oxygen atoms in total. The van der Waals surface area contributed by atoms with Gasteiger partial charge in [-0.15, -0.1) is 11.3 Å². The van der Waals surface area contributed by atoms with Crippen LogP contribution in [0.3, 0.4) is 0 Å². The number of likely N-dealkylation sites (tertiary alicyclic amines) is 1. The van der Waals surface area contributed by atoms with Crippen molar-refractivity contribution in [1.82, 2.24) is 9.88 Å². The third kappa shape index (κ3) is 5.59. The lowest BCUT2D eigenvalue weighted by molar-refractivity contribution is -0.144. The molecular weight excluding hydrogens is 534 g/mol. The van der Waals surface area contributed by atoms with Crippen molar-refractivity contribution in [2.24, 2.45) is 17.8 Å². The van der Waals surface area contributed by atoms with Crippen LogP contribution in [0.1, 0.15) is 64.7 Å². The summed E-state index contributed by atoms with van der Waals surface area (Å²) in [7, 11) is 0. The monoisotopic (exact) mass is 573 g/mol. The molecule has 2 aliphatic heterocycles. The Morgan fingerprint density at radius 3 is 2.34 bits per heavy atom. The molecule has 216 valence electrons. The summed E-state index contributed by atoms with van der Waals surface area (Å²) >= 11 is 1.62. The van der Waals surface area contributed by atoms with Crippen LogP contribution in [0.15, 0.2) is 35.7 Å². The Bertz CT molecular complexity index is 1420. The number of aliphatic carboxylic acids is 1. The first kappa shape index (κ1) is 27.8. The van der Waals surface area contributed by atoms with Gasteiger partial charge in [0.15, 0.2) is 5.13 Å². The van der Waals surface area contributed by atoms with Crippen molar-refractivity contribution in [3.8, 4) is 17.0 Å². The number of aryl methyl sites for hydroxylation is 3. The normalized spacial score (nSPS) is 22.2. The maximum Gasteiger partial charge on any atom is 0.307 e. The van der Waals surface area contributed by atoms with Crippen molar-refractivity contribution in [2.45, 2.75) is 59.5 Å². The third-order valence-electron chi connectivity index (χ3n) is 9.25. The highest BCUT2D eigenvalue weighted by Crippen LogP contribution is 2.44. The number of hydrogen-bond donors (Lipinski definition) is 1. The van der Waals surface area contributed by atoms with Gasteiger partial charge in [-0.3, -0.25) is 9.59 Å². The van der Waals surface area contributed by atoms with Crippen molar-refractivity contribution in [1.29, 1.82) is 0 Å². The molecule has 1 N–H and O–H groups in total. The number of benzene rings is 2. The molecule has 41 heavy (non-hydrogen) atoms. The highest BCUT2D eigenvalue weighted by atomic mass is 32.1. The van der Waals surface area contributed by atoms with E-state index < -0.39 is 5.97 Å². The fourth-order valence-electron chi connectivity index (χ4n) is 7.06. The standard InChI is InChI=1S/C33H39N3O4S/c1-20-7-10-29(40-18-27-21(2)14-25(15-22(27)3)31(37)35-11-5-4-6-12-35)26(13-20)28-19-41-33(34-28)36-16-23-8-9-24(17-36)30(23)32(38)39/h7,10,13-15,19,23-24,30H,4-6,8-9,11-12,16-18H2,1-3H3,(H,38,39)/t23-,24?,30?/m0/s1. The van der Waals surface area contributed by atoms with Crippen LogP contribution >= 0.6 is 11.3 Å². The molecule has 2 bridgehead atoms. The van der Waals surface area contributed by atoms with Gasteiger partial charge in [-0.25, -0.2) is 4.98 Å². The number of carbonyl (C=O) groups excluding carboxylic acids is 1. The van der Waals surface area contributed by atoms with E-state index in [1.807, 2.05) is 23.1 Å². The van der Waals surface area contributed by atoms with E-state index >= 15 is 0 Å². The summed E-state index contributed by atoms with van der Waals surface area (Å²) in [5.74, 6) is 0.445. The molecule has 0 radical (unpaired) electrons. The van der Waals surface area contributed by atoms with Crippen LogP contribution in [0.2, 0.25) is 0 Å². The molecule has 1 aliphatic carbocycles. The van der Waals surface area contributed by atoms with E-state index in [0.717, 1.165) is 102 Å². The lowest BCUT2D eigenvalue weighted by Crippen LogP contribution is -2.44. The van der Waals surface area contributed by atoms with Crippen LogP contribution in [-0.2, 0) is 11.4 Å². The van der Waals surface area contributed by atoms with E-state index in [4.69, 9.17) is 9.72 Å². The molecule has 1 saturated carbocycles. The van der Waals surface area contributed by atoms with Gasteiger partial charge in [-0.05, 0) is 106 Å². The summed E-state index contributed by atoms with van der Waals surface area (Å²) in [6.07, 6.45) is 5.34. The number of fused-ring (bicyclic) bond motifs is 2. The second-order valence-corrected chi connectivity index (χ2v) is 12.9. The van der Waals surface area contributed by atoms with E-state index in [1.54, 1.807) is 11.3 Å². The van der Waals surface area contributed by atoms with Gasteiger partial charge in [-0.1, -0.05) is 11.6 Å². The SMILES string of the molecule is Cc1ccc(OCc2c(C)cc(C(=O)N3CCCCC3)cc2C)c(-c2csc(N3CC4CC[C@@H](C3)C4C(=O)O)n2)c1. The number of ether oxygens (including phenoxy) is 1. The van der Waals surface area contributed by atoms with Crippen LogP contribution in [0.5, 0.6) is 5.75 Å². The zero-order chi connectivity index (χ0) is 28.7. The van der Waals surface area contributed by atoms with E-state index in [9.17, 15) is 14.7 Å². The summed E-state index contributed by atoms with van der Waals surface area (Å²) < 4.78 is 6.44. The largest absolute Gasteiger partial charge is 0.488 e. The zero-order valence-corrected chi connectivity index (χ0v) is 25.0. The minimum Gasteiger partial charge on any atom is -0.488 e. The number of carbonyl (C=O) groups is 2. The number of anilines is 1. The molecule has 1 aromatic heterocycles. The Balaban J connectivity index is 1.18. The quantitative estimate of drug-likeness (QED) is 0.348. The van der Waals surface area contributed by atoms with Crippen LogP contribution in [0, 0.1) is 38.5 Å². The molecule has 3 fully saturated rings. The summed E-state index contributed by atoms with van der Waals surface area (Å²) in [5, 5.41) is 12.7. The first-order chi connectivity index (χ1) is 19.8. The number of nitrogens with zero attached hydrogens (tertiary/aromatic N) is 3. The van der Waals surface area contributed by atoms with Crippen LogP contribution in [0.25, 0.3) is 11.3 Å². The number of aromatic nitrogens is 1. The summed E-state index contributed by atoms with van der Waals surface area (Å²) in [5.41, 5.74) is 6.97. The third-order valence-corrected chi connectivity index (χ3v) is 10.2. The van der Waals surface area contributed by atoms with Gasteiger partial charge in [0.05, 0.1) is 11.6 Å². The first-order valence-electron chi connectivity index (χ1n) is 14.8. The van der Waals surface area contributed by atoms with E-state index in [1.165, 1.54) is 6.42 Å². The molecular formula is C33H39N3O4S. The lowest BCUT2D eigenvalue weighted by atomic mass is 9.85. The topological polar surface area (TPSA) is 83.0 Å². The van der Waals surface area contributed by atoms with Crippen molar-refractivity contribution < 1.29 is 19.4 Å². The zero-order valence-electron chi connectivity index (χ0n) is 24.2. The molecule has 8 heteroatoms. The van der Waals surface area contributed by atoms with Crippen molar-refractivity contribution >= 4 is 28.3 Å². The van der Waals surface area contributed by atoms with Gasteiger partial charge >= 0.3 is 5.97 Å². The number of piperidine rings is 2. The molecule has 2 aromatic carbocycles. The number of carboxylic acid groups (broad SMARTS) is 1. The Kier molecular flexibility index (Phi) is 7.77. The summed E-state index contributed by atoms with van der Waals surface area (Å²) in [4.78, 5) is 34.1. The minimum atomic E-state index is -0.646. The number of hydrogen-bond acceptors (Lipinski definition) is 6. The molecule has 1 amide bonds. The predicted molar refractivity (Wildman–Crippen MR) is 162 cm³/mol. The maximum atomic E-state index is 13.1. The molecule has 0 spiro atoms. The number of thiazole rings is 1. The molecule has 6 rings (SSSR count). The Hall–Kier alpha value is -3.39. The fraction of sp³-hybridized carbons (Fsp3) is 0.485. The smallest absolute Gasteiger partial charge is 0.307 e. The maximum absolute atomic E-state index is 13.1. The van der Waals surface area contributed by atoms with Gasteiger partial charge in [0.1, 0.15) is 12.4 Å². The lowest BCUT2D eigenvalue weighted by Gasteiger charge is -2.35. The fourth-order valence-corrected chi connectivity index (χ4v) is 7.91. The minimum absolute atomic E-state index is 0.128. The molecule has 3 aromatic rings. The average Bonchev–Trinajstić information content (AvgIpc) is 3.56. The summed E-state index contributed by atoms with van der Waals surface area (Å²) in [6.45, 7) is 9.80. The van der Waals surface area contributed by atoms with Gasteiger partial charge in [0, 0.05) is 42.7 Å². The van der Waals surface area contributed by atoms with E-state index in [2.05, 4.69) is 43.2 Å². The predicted octanol–water partition coefficient (Wildman–Crippen LogP) is 6.49. The van der Waals surface area contributed by atoms with Gasteiger partial charge in [-0.2, -0.15) is 0 Å².